The number of likely N-dealkylation sites (tertiary alicyclic amines) is 1. The van der Waals surface area contributed by atoms with Gasteiger partial charge < -0.3 is 0 Å². The number of hydrogen-bond donors (Lipinski definition) is 0. The SMILES string of the molecule is O=C1CC2(CCCCC2)C(=O)N1Cc1cc(=O)n2ccccc2n1. The Morgan fingerprint density at radius 3 is 2.67 bits per heavy atom. The Bertz CT molecular complexity index is 880. The Kier molecular flexibility index (Phi) is 3.48. The van der Waals surface area contributed by atoms with E-state index in [1.807, 2.05) is 0 Å². The fraction of sp³-hybridized carbons (Fsp3) is 0.444. The minimum Gasteiger partial charge on any atom is -0.276 e. The second-order valence-corrected chi connectivity index (χ2v) is 6.82. The summed E-state index contributed by atoms with van der Waals surface area (Å²) in [5, 5.41) is 0. The lowest BCUT2D eigenvalue weighted by Gasteiger charge is -2.30. The van der Waals surface area contributed by atoms with Gasteiger partial charge in [-0.25, -0.2) is 4.98 Å². The minimum atomic E-state index is -0.499. The van der Waals surface area contributed by atoms with Crippen LogP contribution < -0.4 is 5.56 Å². The number of pyridine rings is 1. The number of carbonyl (C=O) groups excluding carboxylic acids is 2. The molecule has 2 aliphatic rings. The molecule has 1 aliphatic carbocycles. The molecule has 2 amide bonds. The topological polar surface area (TPSA) is 71.8 Å². The van der Waals surface area contributed by atoms with Crippen LogP contribution in [0.25, 0.3) is 5.65 Å². The van der Waals surface area contributed by atoms with Crippen molar-refractivity contribution in [2.45, 2.75) is 45.1 Å². The van der Waals surface area contributed by atoms with Crippen LogP contribution in [-0.2, 0) is 16.1 Å². The maximum Gasteiger partial charge on any atom is 0.258 e. The van der Waals surface area contributed by atoms with Crippen molar-refractivity contribution in [3.05, 3.63) is 46.5 Å². The number of imide groups is 1. The van der Waals surface area contributed by atoms with Gasteiger partial charge in [0.2, 0.25) is 11.8 Å². The van der Waals surface area contributed by atoms with E-state index in [4.69, 9.17) is 0 Å². The molecule has 2 aromatic rings. The van der Waals surface area contributed by atoms with Gasteiger partial charge in [0.25, 0.3) is 5.56 Å². The summed E-state index contributed by atoms with van der Waals surface area (Å²) in [4.78, 5) is 43.1. The maximum absolute atomic E-state index is 12.8. The van der Waals surface area contributed by atoms with Crippen LogP contribution in [0.3, 0.4) is 0 Å². The normalized spacial score (nSPS) is 20.2. The van der Waals surface area contributed by atoms with Crippen molar-refractivity contribution in [2.75, 3.05) is 0 Å². The summed E-state index contributed by atoms with van der Waals surface area (Å²) in [7, 11) is 0. The lowest BCUT2D eigenvalue weighted by Crippen LogP contribution is -2.37. The van der Waals surface area contributed by atoms with Gasteiger partial charge >= 0.3 is 0 Å². The fourth-order valence-corrected chi connectivity index (χ4v) is 3.99. The highest BCUT2D eigenvalue weighted by molar-refractivity contribution is 6.05. The molecule has 1 saturated carbocycles. The molecule has 6 nitrogen and oxygen atoms in total. The molecule has 2 fully saturated rings. The zero-order chi connectivity index (χ0) is 16.7. The Morgan fingerprint density at radius 2 is 1.88 bits per heavy atom. The zero-order valence-corrected chi connectivity index (χ0v) is 13.4. The van der Waals surface area contributed by atoms with Crippen molar-refractivity contribution in [1.82, 2.24) is 14.3 Å². The molecule has 1 saturated heterocycles. The number of nitrogens with zero attached hydrogens (tertiary/aromatic N) is 3. The van der Waals surface area contributed by atoms with Crippen molar-refractivity contribution < 1.29 is 9.59 Å². The fourth-order valence-electron chi connectivity index (χ4n) is 3.99. The van der Waals surface area contributed by atoms with Gasteiger partial charge in [-0.15, -0.1) is 0 Å². The molecule has 6 heteroatoms. The van der Waals surface area contributed by atoms with Gasteiger partial charge in [0.05, 0.1) is 17.7 Å². The van der Waals surface area contributed by atoms with Crippen LogP contribution in [0.2, 0.25) is 0 Å². The molecule has 1 aliphatic heterocycles. The second kappa shape index (κ2) is 5.54. The van der Waals surface area contributed by atoms with E-state index in [2.05, 4.69) is 4.98 Å². The first kappa shape index (κ1) is 15.1. The first-order valence-corrected chi connectivity index (χ1v) is 8.41. The van der Waals surface area contributed by atoms with Gasteiger partial charge in [-0.1, -0.05) is 25.3 Å². The summed E-state index contributed by atoms with van der Waals surface area (Å²) < 4.78 is 1.44. The van der Waals surface area contributed by atoms with E-state index in [-0.39, 0.29) is 23.9 Å². The summed E-state index contributed by atoms with van der Waals surface area (Å²) in [5.74, 6) is -0.223. The molecule has 124 valence electrons. The average Bonchev–Trinajstić information content (AvgIpc) is 2.80. The monoisotopic (exact) mass is 325 g/mol. The summed E-state index contributed by atoms with van der Waals surface area (Å²) in [5.41, 5.74) is 0.274. The standard InChI is InChI=1S/C18H19N3O3/c22-15-10-13(19-14-6-2-5-9-20(14)15)12-21-16(23)11-18(17(21)24)7-3-1-4-8-18/h2,5-6,9-10H,1,3-4,7-8,11-12H2. The van der Waals surface area contributed by atoms with E-state index in [1.165, 1.54) is 15.4 Å². The largest absolute Gasteiger partial charge is 0.276 e. The van der Waals surface area contributed by atoms with Crippen molar-refractivity contribution in [3.63, 3.8) is 0 Å². The third-order valence-corrected chi connectivity index (χ3v) is 5.24. The van der Waals surface area contributed by atoms with Crippen LogP contribution in [0, 0.1) is 5.41 Å². The Balaban J connectivity index is 1.64. The molecule has 0 unspecified atom stereocenters. The smallest absolute Gasteiger partial charge is 0.258 e. The molecule has 0 aromatic carbocycles. The summed E-state index contributed by atoms with van der Waals surface area (Å²) in [6, 6.07) is 6.70. The lowest BCUT2D eigenvalue weighted by atomic mass is 9.73. The van der Waals surface area contributed by atoms with Gasteiger partial charge in [0, 0.05) is 18.7 Å². The highest BCUT2D eigenvalue weighted by Crippen LogP contribution is 2.45. The van der Waals surface area contributed by atoms with E-state index in [0.717, 1.165) is 32.1 Å². The van der Waals surface area contributed by atoms with Crippen molar-refractivity contribution >= 4 is 17.5 Å². The molecule has 2 aromatic heterocycles. The molecule has 3 heterocycles. The number of fused-ring (bicyclic) bond motifs is 1. The first-order chi connectivity index (χ1) is 11.6. The van der Waals surface area contributed by atoms with Crippen LogP contribution in [-0.4, -0.2) is 26.1 Å². The molecule has 0 bridgehead atoms. The van der Waals surface area contributed by atoms with E-state index in [9.17, 15) is 14.4 Å². The van der Waals surface area contributed by atoms with Crippen molar-refractivity contribution in [2.24, 2.45) is 5.41 Å². The second-order valence-electron chi connectivity index (χ2n) is 6.82. The first-order valence-electron chi connectivity index (χ1n) is 8.41. The molecule has 24 heavy (non-hydrogen) atoms. The Labute approximate surface area is 139 Å². The minimum absolute atomic E-state index is 0.0812. The van der Waals surface area contributed by atoms with Crippen LogP contribution >= 0.6 is 0 Å². The molecule has 0 atom stereocenters. The highest BCUT2D eigenvalue weighted by atomic mass is 16.2. The molecular weight excluding hydrogens is 306 g/mol. The maximum atomic E-state index is 12.8. The van der Waals surface area contributed by atoms with Gasteiger partial charge in [0.1, 0.15) is 5.65 Å². The molecule has 4 rings (SSSR count). The van der Waals surface area contributed by atoms with Crippen molar-refractivity contribution in [3.8, 4) is 0 Å². The summed E-state index contributed by atoms with van der Waals surface area (Å²) >= 11 is 0. The highest BCUT2D eigenvalue weighted by Gasteiger charge is 2.51. The Morgan fingerprint density at radius 1 is 1.08 bits per heavy atom. The predicted molar refractivity (Wildman–Crippen MR) is 87.2 cm³/mol. The van der Waals surface area contributed by atoms with Gasteiger partial charge in [-0.05, 0) is 25.0 Å². The predicted octanol–water partition coefficient (Wildman–Crippen LogP) is 1.90. The quantitative estimate of drug-likeness (QED) is 0.791. The van der Waals surface area contributed by atoms with Gasteiger partial charge in [-0.2, -0.15) is 0 Å². The van der Waals surface area contributed by atoms with E-state index in [1.54, 1.807) is 24.4 Å². The third kappa shape index (κ3) is 2.33. The molecule has 0 radical (unpaired) electrons. The number of aromatic nitrogens is 2. The average molecular weight is 325 g/mol. The van der Waals surface area contributed by atoms with Gasteiger partial charge in [0.15, 0.2) is 0 Å². The summed E-state index contributed by atoms with van der Waals surface area (Å²) in [6.45, 7) is 0.0834. The van der Waals surface area contributed by atoms with Crippen molar-refractivity contribution in [1.29, 1.82) is 0 Å². The Hall–Kier alpha value is -2.50. The summed E-state index contributed by atoms with van der Waals surface area (Å²) in [6.07, 6.45) is 6.68. The molecular formula is C18H19N3O3. The lowest BCUT2D eigenvalue weighted by molar-refractivity contribution is -0.143. The number of rotatable bonds is 2. The van der Waals surface area contributed by atoms with E-state index in [0.29, 0.717) is 17.8 Å². The number of hydrogen-bond acceptors (Lipinski definition) is 4. The van der Waals surface area contributed by atoms with E-state index >= 15 is 0 Å². The van der Waals surface area contributed by atoms with Crippen LogP contribution in [0.15, 0.2) is 35.3 Å². The zero-order valence-electron chi connectivity index (χ0n) is 13.4. The van der Waals surface area contributed by atoms with Crippen LogP contribution in [0.4, 0.5) is 0 Å². The number of amides is 2. The third-order valence-electron chi connectivity index (χ3n) is 5.24. The molecule has 1 spiro atoms. The number of carbonyl (C=O) groups is 2. The van der Waals surface area contributed by atoms with E-state index < -0.39 is 5.41 Å². The molecule has 0 N–H and O–H groups in total. The van der Waals surface area contributed by atoms with Crippen LogP contribution in [0.5, 0.6) is 0 Å². The van der Waals surface area contributed by atoms with Gasteiger partial charge in [-0.3, -0.25) is 23.7 Å². The van der Waals surface area contributed by atoms with Crippen LogP contribution in [0.1, 0.15) is 44.2 Å².